The van der Waals surface area contributed by atoms with Gasteiger partial charge in [0.15, 0.2) is 0 Å². The van der Waals surface area contributed by atoms with Crippen LogP contribution in [-0.2, 0) is 0 Å². The Balaban J connectivity index is 2.79. The minimum atomic E-state index is 1.22. The van der Waals surface area contributed by atoms with Crippen LogP contribution in [0.3, 0.4) is 0 Å². The van der Waals surface area contributed by atoms with E-state index in [4.69, 9.17) is 0 Å². The van der Waals surface area contributed by atoms with Crippen molar-refractivity contribution in [2.45, 2.75) is 13.8 Å². The summed E-state index contributed by atoms with van der Waals surface area (Å²) in [5.74, 6) is 0. The highest BCUT2D eigenvalue weighted by molar-refractivity contribution is 5.86. The Morgan fingerprint density at radius 1 is 1.00 bits per heavy atom. The smallest absolute Gasteiger partial charge is 0.0178 e. The van der Waals surface area contributed by atoms with Gasteiger partial charge in [0.2, 0.25) is 0 Å². The molecule has 0 aromatic heterocycles. The fourth-order valence-electron chi connectivity index (χ4n) is 1.77. The van der Waals surface area contributed by atoms with E-state index in [2.05, 4.69) is 50.8 Å². The first-order chi connectivity index (χ1) is 6.70. The fraction of sp³-hybridized carbons (Fsp3) is 0.143. The zero-order valence-corrected chi connectivity index (χ0v) is 8.67. The van der Waals surface area contributed by atoms with E-state index in [1.807, 2.05) is 6.08 Å². The lowest BCUT2D eigenvalue weighted by Crippen LogP contribution is -1.82. The second kappa shape index (κ2) is 3.30. The lowest BCUT2D eigenvalue weighted by molar-refractivity contribution is 1.45. The first-order valence-corrected chi connectivity index (χ1v) is 4.84. The van der Waals surface area contributed by atoms with Gasteiger partial charge in [0.1, 0.15) is 0 Å². The molecule has 2 rings (SSSR count). The van der Waals surface area contributed by atoms with E-state index in [1.54, 1.807) is 0 Å². The molecule has 0 heterocycles. The van der Waals surface area contributed by atoms with Crippen molar-refractivity contribution >= 4 is 16.8 Å². The Kier molecular flexibility index (Phi) is 2.12. The predicted octanol–water partition coefficient (Wildman–Crippen LogP) is 4.10. The first-order valence-electron chi connectivity index (χ1n) is 4.84. The Bertz CT molecular complexity index is 493. The standard InChI is InChI=1S/C14H14/c1-4-12-9-13-6-5-10(2)7-14(13)8-11(12)3/h4-9H,1H2,2-3H3. The third-order valence-corrected chi connectivity index (χ3v) is 2.60. The summed E-state index contributed by atoms with van der Waals surface area (Å²) in [6, 6.07) is 10.9. The average Bonchev–Trinajstić information content (AvgIpc) is 2.16. The average molecular weight is 182 g/mol. The summed E-state index contributed by atoms with van der Waals surface area (Å²) in [6.45, 7) is 8.06. The molecule has 2 aromatic carbocycles. The molecule has 0 radical (unpaired) electrons. The molecule has 0 N–H and O–H groups in total. The molecule has 0 fully saturated rings. The molecular formula is C14H14. The van der Waals surface area contributed by atoms with Gasteiger partial charge in [-0.05, 0) is 41.8 Å². The van der Waals surface area contributed by atoms with Crippen molar-refractivity contribution in [1.29, 1.82) is 0 Å². The van der Waals surface area contributed by atoms with Crippen molar-refractivity contribution in [1.82, 2.24) is 0 Å². The maximum atomic E-state index is 3.82. The van der Waals surface area contributed by atoms with Gasteiger partial charge in [-0.1, -0.05) is 42.5 Å². The highest BCUT2D eigenvalue weighted by atomic mass is 14.0. The van der Waals surface area contributed by atoms with Gasteiger partial charge in [-0.15, -0.1) is 0 Å². The van der Waals surface area contributed by atoms with Crippen LogP contribution in [0.1, 0.15) is 16.7 Å². The molecule has 0 bridgehead atoms. The van der Waals surface area contributed by atoms with Gasteiger partial charge in [0, 0.05) is 0 Å². The normalized spacial score (nSPS) is 10.4. The molecule has 0 aliphatic carbocycles. The van der Waals surface area contributed by atoms with Crippen LogP contribution in [0.25, 0.3) is 16.8 Å². The van der Waals surface area contributed by atoms with Crippen LogP contribution in [0, 0.1) is 13.8 Å². The lowest BCUT2D eigenvalue weighted by atomic mass is 10.0. The van der Waals surface area contributed by atoms with Crippen molar-refractivity contribution < 1.29 is 0 Å². The quantitative estimate of drug-likeness (QED) is 0.623. The van der Waals surface area contributed by atoms with Crippen LogP contribution in [0.4, 0.5) is 0 Å². The Morgan fingerprint density at radius 2 is 1.79 bits per heavy atom. The van der Waals surface area contributed by atoms with Crippen LogP contribution < -0.4 is 0 Å². The largest absolute Gasteiger partial charge is 0.0985 e. The number of hydrogen-bond acceptors (Lipinski definition) is 0. The Morgan fingerprint density at radius 3 is 2.50 bits per heavy atom. The highest BCUT2D eigenvalue weighted by Crippen LogP contribution is 2.21. The van der Waals surface area contributed by atoms with E-state index < -0.39 is 0 Å². The minimum Gasteiger partial charge on any atom is -0.0985 e. The summed E-state index contributed by atoms with van der Waals surface area (Å²) < 4.78 is 0. The summed E-state index contributed by atoms with van der Waals surface area (Å²) in [5.41, 5.74) is 3.82. The molecular weight excluding hydrogens is 168 g/mol. The monoisotopic (exact) mass is 182 g/mol. The molecule has 0 atom stereocenters. The van der Waals surface area contributed by atoms with Gasteiger partial charge < -0.3 is 0 Å². The predicted molar refractivity (Wildman–Crippen MR) is 63.5 cm³/mol. The highest BCUT2D eigenvalue weighted by Gasteiger charge is 1.98. The molecule has 0 aliphatic rings. The van der Waals surface area contributed by atoms with Crippen LogP contribution >= 0.6 is 0 Å². The third kappa shape index (κ3) is 1.44. The molecule has 14 heavy (non-hydrogen) atoms. The summed E-state index contributed by atoms with van der Waals surface area (Å²) in [4.78, 5) is 0. The van der Waals surface area contributed by atoms with Gasteiger partial charge in [0.05, 0.1) is 0 Å². The van der Waals surface area contributed by atoms with Crippen molar-refractivity contribution in [3.63, 3.8) is 0 Å². The zero-order chi connectivity index (χ0) is 10.1. The Hall–Kier alpha value is -1.56. The van der Waals surface area contributed by atoms with Crippen LogP contribution in [0.5, 0.6) is 0 Å². The maximum absolute atomic E-state index is 3.82. The number of rotatable bonds is 1. The topological polar surface area (TPSA) is 0 Å². The SMILES string of the molecule is C=Cc1cc2ccc(C)cc2cc1C. The van der Waals surface area contributed by atoms with E-state index >= 15 is 0 Å². The maximum Gasteiger partial charge on any atom is -0.0178 e. The van der Waals surface area contributed by atoms with Gasteiger partial charge in [0.25, 0.3) is 0 Å². The molecule has 0 aliphatic heterocycles. The van der Waals surface area contributed by atoms with Crippen molar-refractivity contribution in [3.8, 4) is 0 Å². The van der Waals surface area contributed by atoms with E-state index in [9.17, 15) is 0 Å². The lowest BCUT2D eigenvalue weighted by Gasteiger charge is -2.04. The Labute approximate surface area is 84.9 Å². The van der Waals surface area contributed by atoms with Gasteiger partial charge in [-0.3, -0.25) is 0 Å². The number of hydrogen-bond donors (Lipinski definition) is 0. The molecule has 0 amide bonds. The molecule has 0 spiro atoms. The van der Waals surface area contributed by atoms with Gasteiger partial charge >= 0.3 is 0 Å². The van der Waals surface area contributed by atoms with Gasteiger partial charge in [-0.2, -0.15) is 0 Å². The van der Waals surface area contributed by atoms with E-state index in [-0.39, 0.29) is 0 Å². The summed E-state index contributed by atoms with van der Waals surface area (Å²) in [5, 5.41) is 2.60. The van der Waals surface area contributed by atoms with Crippen LogP contribution in [0.2, 0.25) is 0 Å². The van der Waals surface area contributed by atoms with Crippen LogP contribution in [0.15, 0.2) is 36.9 Å². The minimum absolute atomic E-state index is 1.22. The molecule has 0 saturated carbocycles. The van der Waals surface area contributed by atoms with E-state index in [1.165, 1.54) is 27.5 Å². The third-order valence-electron chi connectivity index (χ3n) is 2.60. The molecule has 70 valence electrons. The molecule has 0 nitrogen and oxygen atoms in total. The van der Waals surface area contributed by atoms with Crippen molar-refractivity contribution in [3.05, 3.63) is 53.6 Å². The second-order valence-electron chi connectivity index (χ2n) is 3.76. The molecule has 0 saturated heterocycles. The summed E-state index contributed by atoms with van der Waals surface area (Å²) >= 11 is 0. The summed E-state index contributed by atoms with van der Waals surface area (Å²) in [7, 11) is 0. The van der Waals surface area contributed by atoms with Crippen LogP contribution in [-0.4, -0.2) is 0 Å². The first kappa shape index (κ1) is 9.01. The number of benzene rings is 2. The van der Waals surface area contributed by atoms with E-state index in [0.29, 0.717) is 0 Å². The number of aryl methyl sites for hydroxylation is 2. The fourth-order valence-corrected chi connectivity index (χ4v) is 1.77. The summed E-state index contributed by atoms with van der Waals surface area (Å²) in [6.07, 6.45) is 1.91. The van der Waals surface area contributed by atoms with Crippen molar-refractivity contribution in [2.24, 2.45) is 0 Å². The number of fused-ring (bicyclic) bond motifs is 1. The zero-order valence-electron chi connectivity index (χ0n) is 8.67. The van der Waals surface area contributed by atoms with Gasteiger partial charge in [-0.25, -0.2) is 0 Å². The molecule has 2 aromatic rings. The second-order valence-corrected chi connectivity index (χ2v) is 3.76. The molecule has 0 unspecified atom stereocenters. The van der Waals surface area contributed by atoms with E-state index in [0.717, 1.165) is 0 Å². The molecule has 0 heteroatoms. The van der Waals surface area contributed by atoms with Crippen molar-refractivity contribution in [2.75, 3.05) is 0 Å².